The van der Waals surface area contributed by atoms with Crippen LogP contribution in [0, 0.1) is 0 Å². The van der Waals surface area contributed by atoms with Crippen molar-refractivity contribution in [3.05, 3.63) is 29.8 Å². The van der Waals surface area contributed by atoms with E-state index in [1.54, 1.807) is 14.0 Å². The van der Waals surface area contributed by atoms with Crippen LogP contribution in [0.3, 0.4) is 0 Å². The average Bonchev–Trinajstić information content (AvgIpc) is 2.93. The monoisotopic (exact) mass is 262 g/mol. The molecule has 104 valence electrons. The summed E-state index contributed by atoms with van der Waals surface area (Å²) in [6, 6.07) is 8.35. The van der Waals surface area contributed by atoms with Gasteiger partial charge in [0.2, 0.25) is 5.91 Å². The summed E-state index contributed by atoms with van der Waals surface area (Å²) >= 11 is 0. The van der Waals surface area contributed by atoms with Gasteiger partial charge in [-0.1, -0.05) is 12.1 Å². The normalized spacial score (nSPS) is 17.2. The molecule has 1 unspecified atom stereocenters. The number of carbonyl (C=O) groups excluding carboxylic acids is 1. The summed E-state index contributed by atoms with van der Waals surface area (Å²) in [5, 5.41) is 2.94. The summed E-state index contributed by atoms with van der Waals surface area (Å²) in [6.45, 7) is 4.41. The van der Waals surface area contributed by atoms with E-state index in [9.17, 15) is 4.79 Å². The number of hydrogen-bond donors (Lipinski definition) is 1. The van der Waals surface area contributed by atoms with Crippen LogP contribution in [0.1, 0.15) is 31.4 Å². The molecule has 0 saturated carbocycles. The number of rotatable bonds is 5. The molecule has 1 fully saturated rings. The Labute approximate surface area is 114 Å². The van der Waals surface area contributed by atoms with E-state index < -0.39 is 0 Å². The summed E-state index contributed by atoms with van der Waals surface area (Å²) in [7, 11) is 1.68. The van der Waals surface area contributed by atoms with Crippen LogP contribution in [-0.2, 0) is 4.79 Å². The zero-order valence-corrected chi connectivity index (χ0v) is 11.7. The number of amides is 1. The summed E-state index contributed by atoms with van der Waals surface area (Å²) in [5.41, 5.74) is 1.20. The summed E-state index contributed by atoms with van der Waals surface area (Å²) < 4.78 is 5.29. The van der Waals surface area contributed by atoms with Gasteiger partial charge in [0.1, 0.15) is 5.75 Å². The molecule has 1 aromatic carbocycles. The highest BCUT2D eigenvalue weighted by Gasteiger charge is 2.23. The van der Waals surface area contributed by atoms with Gasteiger partial charge in [-0.25, -0.2) is 0 Å². The van der Waals surface area contributed by atoms with Crippen LogP contribution >= 0.6 is 0 Å². The predicted molar refractivity (Wildman–Crippen MR) is 75.2 cm³/mol. The van der Waals surface area contributed by atoms with E-state index >= 15 is 0 Å². The first kappa shape index (κ1) is 13.9. The Morgan fingerprint density at radius 2 is 2.16 bits per heavy atom. The molecule has 4 nitrogen and oxygen atoms in total. The average molecular weight is 262 g/mol. The molecule has 1 N–H and O–H groups in total. The zero-order valence-electron chi connectivity index (χ0n) is 11.7. The van der Waals surface area contributed by atoms with Gasteiger partial charge in [0.05, 0.1) is 13.2 Å². The number of nitrogens with zero attached hydrogens (tertiary/aromatic N) is 1. The lowest BCUT2D eigenvalue weighted by Gasteiger charge is -2.28. The minimum absolute atomic E-state index is 0.0205. The second kappa shape index (κ2) is 6.57. The molecule has 19 heavy (non-hydrogen) atoms. The van der Waals surface area contributed by atoms with Crippen LogP contribution in [0.15, 0.2) is 24.3 Å². The van der Waals surface area contributed by atoms with E-state index in [0.29, 0.717) is 6.54 Å². The molecular formula is C15H22N2O2. The van der Waals surface area contributed by atoms with Crippen molar-refractivity contribution in [3.63, 3.8) is 0 Å². The van der Waals surface area contributed by atoms with E-state index in [1.807, 2.05) is 12.1 Å². The van der Waals surface area contributed by atoms with Crippen molar-refractivity contribution >= 4 is 5.91 Å². The van der Waals surface area contributed by atoms with Crippen LogP contribution in [0.2, 0.25) is 0 Å². The fourth-order valence-corrected chi connectivity index (χ4v) is 2.60. The number of benzene rings is 1. The second-order valence-electron chi connectivity index (χ2n) is 4.97. The first-order chi connectivity index (χ1) is 9.20. The summed E-state index contributed by atoms with van der Waals surface area (Å²) in [4.78, 5) is 13.6. The van der Waals surface area contributed by atoms with E-state index in [4.69, 9.17) is 4.74 Å². The molecule has 1 saturated heterocycles. The molecule has 0 spiro atoms. The quantitative estimate of drug-likeness (QED) is 0.882. The molecule has 1 aliphatic heterocycles. The third-order valence-electron chi connectivity index (χ3n) is 3.60. The maximum Gasteiger partial charge on any atom is 0.216 e. The van der Waals surface area contributed by atoms with E-state index in [2.05, 4.69) is 22.3 Å². The molecule has 1 aromatic rings. The molecule has 4 heteroatoms. The van der Waals surface area contributed by atoms with Crippen molar-refractivity contribution in [1.29, 1.82) is 0 Å². The summed E-state index contributed by atoms with van der Waals surface area (Å²) in [6.07, 6.45) is 2.47. The molecule has 1 heterocycles. The van der Waals surface area contributed by atoms with Crippen molar-refractivity contribution in [2.24, 2.45) is 0 Å². The highest BCUT2D eigenvalue weighted by molar-refractivity contribution is 5.72. The van der Waals surface area contributed by atoms with Crippen LogP contribution in [-0.4, -0.2) is 37.6 Å². The lowest BCUT2D eigenvalue weighted by molar-refractivity contribution is -0.119. The SMILES string of the molecule is COc1cccc(C(CNC(C)=O)N2CCCC2)c1. The number of likely N-dealkylation sites (tertiary alicyclic amines) is 1. The maximum absolute atomic E-state index is 11.2. The van der Waals surface area contributed by atoms with Crippen molar-refractivity contribution in [1.82, 2.24) is 10.2 Å². The number of methoxy groups -OCH3 is 1. The predicted octanol–water partition coefficient (Wildman–Crippen LogP) is 1.97. The minimum Gasteiger partial charge on any atom is -0.497 e. The van der Waals surface area contributed by atoms with Crippen LogP contribution < -0.4 is 10.1 Å². The molecule has 0 bridgehead atoms. The minimum atomic E-state index is 0.0205. The Hall–Kier alpha value is -1.55. The smallest absolute Gasteiger partial charge is 0.216 e. The van der Waals surface area contributed by atoms with Gasteiger partial charge in [-0.15, -0.1) is 0 Å². The molecule has 2 rings (SSSR count). The Kier molecular flexibility index (Phi) is 4.80. The molecule has 0 radical (unpaired) electrons. The lowest BCUT2D eigenvalue weighted by atomic mass is 10.1. The van der Waals surface area contributed by atoms with Crippen LogP contribution in [0.5, 0.6) is 5.75 Å². The topological polar surface area (TPSA) is 41.6 Å². The third kappa shape index (κ3) is 3.70. The zero-order chi connectivity index (χ0) is 13.7. The van der Waals surface area contributed by atoms with E-state index in [0.717, 1.165) is 18.8 Å². The molecule has 1 amide bonds. The van der Waals surface area contributed by atoms with Gasteiger partial charge >= 0.3 is 0 Å². The lowest BCUT2D eigenvalue weighted by Crippen LogP contribution is -2.35. The Morgan fingerprint density at radius 1 is 1.42 bits per heavy atom. The number of ether oxygens (including phenoxy) is 1. The van der Waals surface area contributed by atoms with Gasteiger partial charge < -0.3 is 10.1 Å². The fourth-order valence-electron chi connectivity index (χ4n) is 2.60. The number of hydrogen-bond acceptors (Lipinski definition) is 3. The van der Waals surface area contributed by atoms with Crippen LogP contribution in [0.4, 0.5) is 0 Å². The molecule has 1 atom stereocenters. The highest BCUT2D eigenvalue weighted by Crippen LogP contribution is 2.27. The van der Waals surface area contributed by atoms with E-state index in [-0.39, 0.29) is 11.9 Å². The Balaban J connectivity index is 2.16. The standard InChI is InChI=1S/C15H22N2O2/c1-12(18)16-11-15(17-8-3-4-9-17)13-6-5-7-14(10-13)19-2/h5-7,10,15H,3-4,8-9,11H2,1-2H3,(H,16,18). The summed E-state index contributed by atoms with van der Waals surface area (Å²) in [5.74, 6) is 0.886. The Morgan fingerprint density at radius 3 is 2.79 bits per heavy atom. The molecule has 0 aliphatic carbocycles. The maximum atomic E-state index is 11.2. The number of carbonyl (C=O) groups is 1. The van der Waals surface area contributed by atoms with Gasteiger partial charge in [-0.2, -0.15) is 0 Å². The Bertz CT molecular complexity index is 428. The largest absolute Gasteiger partial charge is 0.497 e. The van der Waals surface area contributed by atoms with Crippen molar-refractivity contribution < 1.29 is 9.53 Å². The van der Waals surface area contributed by atoms with Gasteiger partial charge in [0, 0.05) is 13.5 Å². The van der Waals surface area contributed by atoms with Crippen LogP contribution in [0.25, 0.3) is 0 Å². The van der Waals surface area contributed by atoms with Gasteiger partial charge in [0.25, 0.3) is 0 Å². The van der Waals surface area contributed by atoms with E-state index in [1.165, 1.54) is 18.4 Å². The van der Waals surface area contributed by atoms with Gasteiger partial charge in [-0.3, -0.25) is 9.69 Å². The number of nitrogens with one attached hydrogen (secondary N) is 1. The molecular weight excluding hydrogens is 240 g/mol. The molecule has 0 aromatic heterocycles. The third-order valence-corrected chi connectivity index (χ3v) is 3.60. The highest BCUT2D eigenvalue weighted by atomic mass is 16.5. The first-order valence-electron chi connectivity index (χ1n) is 6.83. The second-order valence-corrected chi connectivity index (χ2v) is 4.97. The first-order valence-corrected chi connectivity index (χ1v) is 6.83. The van der Waals surface area contributed by atoms with Crippen molar-refractivity contribution in [2.75, 3.05) is 26.7 Å². The van der Waals surface area contributed by atoms with Gasteiger partial charge in [0.15, 0.2) is 0 Å². The van der Waals surface area contributed by atoms with Crippen molar-refractivity contribution in [3.8, 4) is 5.75 Å². The fraction of sp³-hybridized carbons (Fsp3) is 0.533. The molecule has 1 aliphatic rings. The van der Waals surface area contributed by atoms with Gasteiger partial charge in [-0.05, 0) is 43.6 Å². The van der Waals surface area contributed by atoms with Crippen molar-refractivity contribution in [2.45, 2.75) is 25.8 Å².